The van der Waals surface area contributed by atoms with E-state index in [1.54, 1.807) is 6.07 Å². The summed E-state index contributed by atoms with van der Waals surface area (Å²) in [5.74, 6) is -0.106. The average molecular weight is 402 g/mol. The number of benzene rings is 2. The van der Waals surface area contributed by atoms with E-state index in [4.69, 9.17) is 0 Å². The van der Waals surface area contributed by atoms with Gasteiger partial charge in [-0.3, -0.25) is 9.59 Å². The van der Waals surface area contributed by atoms with Gasteiger partial charge >= 0.3 is 0 Å². The summed E-state index contributed by atoms with van der Waals surface area (Å²) in [6.45, 7) is 4.20. The van der Waals surface area contributed by atoms with Crippen molar-refractivity contribution >= 4 is 5.91 Å². The summed E-state index contributed by atoms with van der Waals surface area (Å²) < 4.78 is 0. The van der Waals surface area contributed by atoms with E-state index in [1.165, 1.54) is 16.7 Å². The molecule has 0 aliphatic heterocycles. The maximum atomic E-state index is 13.2. The molecule has 2 unspecified atom stereocenters. The Hall–Kier alpha value is -3.21. The molecular weight excluding hydrogens is 374 g/mol. The number of rotatable bonds is 5. The lowest BCUT2D eigenvalue weighted by atomic mass is 9.86. The molecule has 30 heavy (non-hydrogen) atoms. The number of nitrogens with one attached hydrogen (secondary N) is 2. The highest BCUT2D eigenvalue weighted by Gasteiger charge is 2.28. The maximum Gasteiger partial charge on any atom is 0.264 e. The van der Waals surface area contributed by atoms with Gasteiger partial charge in [0, 0.05) is 12.0 Å². The summed E-state index contributed by atoms with van der Waals surface area (Å²) >= 11 is 0. The molecule has 0 bridgehead atoms. The van der Waals surface area contributed by atoms with Gasteiger partial charge in [-0.15, -0.1) is 0 Å². The summed E-state index contributed by atoms with van der Waals surface area (Å²) in [5, 5.41) is 9.91. The molecule has 1 aliphatic carbocycles. The molecule has 0 spiro atoms. The van der Waals surface area contributed by atoms with Crippen molar-refractivity contribution in [1.82, 2.24) is 15.5 Å². The Morgan fingerprint density at radius 1 is 1.13 bits per heavy atom. The van der Waals surface area contributed by atoms with Crippen LogP contribution in [0, 0.1) is 19.8 Å². The summed E-state index contributed by atoms with van der Waals surface area (Å²) in [6.07, 6.45) is 2.74. The van der Waals surface area contributed by atoms with E-state index >= 15 is 0 Å². The van der Waals surface area contributed by atoms with Crippen molar-refractivity contribution in [3.8, 4) is 0 Å². The zero-order valence-electron chi connectivity index (χ0n) is 17.4. The Balaban J connectivity index is 1.55. The average Bonchev–Trinajstić information content (AvgIpc) is 2.75. The smallest absolute Gasteiger partial charge is 0.264 e. The lowest BCUT2D eigenvalue weighted by Gasteiger charge is -2.26. The second-order valence-corrected chi connectivity index (χ2v) is 8.24. The van der Waals surface area contributed by atoms with Gasteiger partial charge in [0.1, 0.15) is 0 Å². The molecule has 0 saturated heterocycles. The third kappa shape index (κ3) is 4.51. The van der Waals surface area contributed by atoms with Crippen LogP contribution in [0.15, 0.2) is 59.4 Å². The molecule has 2 atom stereocenters. The molecule has 5 heteroatoms. The van der Waals surface area contributed by atoms with Gasteiger partial charge in [0.2, 0.25) is 5.91 Å². The minimum atomic E-state index is -0.216. The first kappa shape index (κ1) is 20.1. The Bertz CT molecular complexity index is 1100. The van der Waals surface area contributed by atoms with E-state index in [2.05, 4.69) is 59.7 Å². The largest absolute Gasteiger partial charge is 0.349 e. The fourth-order valence-corrected chi connectivity index (χ4v) is 4.14. The number of aryl methyl sites for hydroxylation is 3. The predicted molar refractivity (Wildman–Crippen MR) is 117 cm³/mol. The van der Waals surface area contributed by atoms with E-state index in [-0.39, 0.29) is 23.4 Å². The third-order valence-electron chi connectivity index (χ3n) is 6.08. The molecule has 154 valence electrons. The summed E-state index contributed by atoms with van der Waals surface area (Å²) in [5.41, 5.74) is 6.33. The normalized spacial score (nSPS) is 16.5. The molecule has 1 heterocycles. The summed E-state index contributed by atoms with van der Waals surface area (Å²) in [6, 6.07) is 18.1. The second-order valence-electron chi connectivity index (χ2n) is 8.24. The Kier molecular flexibility index (Phi) is 5.79. The highest BCUT2D eigenvalue weighted by molar-refractivity contribution is 5.79. The molecular formula is C25H27N3O2. The van der Waals surface area contributed by atoms with Crippen molar-refractivity contribution in [1.29, 1.82) is 0 Å². The minimum absolute atomic E-state index is 0.0418. The summed E-state index contributed by atoms with van der Waals surface area (Å²) in [4.78, 5) is 24.8. The number of aromatic amines is 1. The molecule has 5 nitrogen and oxygen atoms in total. The number of hydrogen-bond donors (Lipinski definition) is 2. The van der Waals surface area contributed by atoms with Crippen LogP contribution in [-0.2, 0) is 24.1 Å². The zero-order valence-corrected chi connectivity index (χ0v) is 17.4. The SMILES string of the molecule is Cc1ccc(C(Cc2ccccc2)NC(=O)C2CCc3n[nH]c(=O)cc3C2)cc1C. The standard InChI is InChI=1S/C25H27N3O2/c1-16-8-9-19(12-17(16)2)23(13-18-6-4-3-5-7-18)26-25(30)20-10-11-22-21(14-20)15-24(29)28-27-22/h3-9,12,15,20,23H,10-11,13-14H2,1-2H3,(H,26,30)(H,28,29). The Labute approximate surface area is 176 Å². The van der Waals surface area contributed by atoms with E-state index in [9.17, 15) is 9.59 Å². The van der Waals surface area contributed by atoms with Crippen LogP contribution in [0.1, 0.15) is 46.0 Å². The number of H-pyrrole nitrogens is 1. The molecule has 0 radical (unpaired) electrons. The van der Waals surface area contributed by atoms with Gasteiger partial charge in [-0.05, 0) is 67.3 Å². The number of hydrogen-bond acceptors (Lipinski definition) is 3. The third-order valence-corrected chi connectivity index (χ3v) is 6.08. The van der Waals surface area contributed by atoms with Crippen LogP contribution in [0.5, 0.6) is 0 Å². The fourth-order valence-electron chi connectivity index (χ4n) is 4.14. The topological polar surface area (TPSA) is 74.8 Å². The first-order chi connectivity index (χ1) is 14.5. The second kappa shape index (κ2) is 8.66. The number of carbonyl (C=O) groups excluding carboxylic acids is 1. The number of amides is 1. The van der Waals surface area contributed by atoms with Crippen molar-refractivity contribution in [3.05, 3.63) is 98.5 Å². The van der Waals surface area contributed by atoms with Crippen molar-refractivity contribution in [2.45, 2.75) is 45.6 Å². The monoisotopic (exact) mass is 401 g/mol. The molecule has 1 amide bonds. The van der Waals surface area contributed by atoms with E-state index < -0.39 is 0 Å². The van der Waals surface area contributed by atoms with Crippen LogP contribution < -0.4 is 10.9 Å². The Morgan fingerprint density at radius 3 is 2.70 bits per heavy atom. The van der Waals surface area contributed by atoms with Crippen molar-refractivity contribution in [2.24, 2.45) is 5.92 Å². The van der Waals surface area contributed by atoms with Gasteiger partial charge in [0.25, 0.3) is 5.56 Å². The zero-order chi connectivity index (χ0) is 21.1. The highest BCUT2D eigenvalue weighted by Crippen LogP contribution is 2.26. The number of nitrogens with zero attached hydrogens (tertiary/aromatic N) is 1. The predicted octanol–water partition coefficient (Wildman–Crippen LogP) is 3.59. The number of aromatic nitrogens is 2. The van der Waals surface area contributed by atoms with Crippen LogP contribution in [0.2, 0.25) is 0 Å². The molecule has 3 aromatic rings. The molecule has 4 rings (SSSR count). The lowest BCUT2D eigenvalue weighted by molar-refractivity contribution is -0.126. The quantitative estimate of drug-likeness (QED) is 0.686. The first-order valence-corrected chi connectivity index (χ1v) is 10.5. The van der Waals surface area contributed by atoms with Gasteiger partial charge in [-0.25, -0.2) is 5.10 Å². The van der Waals surface area contributed by atoms with Crippen molar-refractivity contribution < 1.29 is 4.79 Å². The van der Waals surface area contributed by atoms with Gasteiger partial charge in [0.05, 0.1) is 11.7 Å². The Morgan fingerprint density at radius 2 is 1.93 bits per heavy atom. The fraction of sp³-hybridized carbons (Fsp3) is 0.320. The van der Waals surface area contributed by atoms with Crippen LogP contribution in [-0.4, -0.2) is 16.1 Å². The number of carbonyl (C=O) groups is 1. The summed E-state index contributed by atoms with van der Waals surface area (Å²) in [7, 11) is 0. The molecule has 1 aliphatic rings. The van der Waals surface area contributed by atoms with Gasteiger partial charge in [-0.1, -0.05) is 48.5 Å². The van der Waals surface area contributed by atoms with Crippen LogP contribution >= 0.6 is 0 Å². The highest BCUT2D eigenvalue weighted by atomic mass is 16.2. The minimum Gasteiger partial charge on any atom is -0.349 e. The molecule has 2 aromatic carbocycles. The van der Waals surface area contributed by atoms with Crippen LogP contribution in [0.25, 0.3) is 0 Å². The van der Waals surface area contributed by atoms with E-state index in [0.29, 0.717) is 12.8 Å². The molecule has 2 N–H and O–H groups in total. The van der Waals surface area contributed by atoms with Gasteiger partial charge in [-0.2, -0.15) is 5.10 Å². The molecule has 1 aromatic heterocycles. The van der Waals surface area contributed by atoms with Gasteiger partial charge in [0.15, 0.2) is 0 Å². The lowest BCUT2D eigenvalue weighted by Crippen LogP contribution is -2.38. The van der Waals surface area contributed by atoms with Crippen molar-refractivity contribution in [2.75, 3.05) is 0 Å². The van der Waals surface area contributed by atoms with E-state index in [0.717, 1.165) is 29.7 Å². The van der Waals surface area contributed by atoms with Crippen LogP contribution in [0.3, 0.4) is 0 Å². The van der Waals surface area contributed by atoms with E-state index in [1.807, 2.05) is 18.2 Å². The molecule has 0 fully saturated rings. The van der Waals surface area contributed by atoms with Crippen LogP contribution in [0.4, 0.5) is 0 Å². The van der Waals surface area contributed by atoms with Gasteiger partial charge < -0.3 is 5.32 Å². The van der Waals surface area contributed by atoms with Crippen molar-refractivity contribution in [3.63, 3.8) is 0 Å². The number of fused-ring (bicyclic) bond motifs is 1. The maximum absolute atomic E-state index is 13.2. The molecule has 0 saturated carbocycles. The first-order valence-electron chi connectivity index (χ1n) is 10.5.